The summed E-state index contributed by atoms with van der Waals surface area (Å²) in [6, 6.07) is 0.623. The van der Waals surface area contributed by atoms with Gasteiger partial charge < -0.3 is 9.80 Å². The SMILES string of the molecule is CC(C)N1CCC[C@@H](C(=O)N2CCC2)CC1. The Hall–Kier alpha value is -0.570. The molecule has 0 spiro atoms. The lowest BCUT2D eigenvalue weighted by Crippen LogP contribution is -2.45. The fraction of sp³-hybridized carbons (Fsp3) is 0.923. The molecule has 3 heteroatoms. The average Bonchev–Trinajstić information content (AvgIpc) is 2.39. The van der Waals surface area contributed by atoms with Crippen LogP contribution in [0.15, 0.2) is 0 Å². The molecule has 0 aliphatic carbocycles. The van der Waals surface area contributed by atoms with Crippen LogP contribution in [0.25, 0.3) is 0 Å². The highest BCUT2D eigenvalue weighted by molar-refractivity contribution is 5.79. The van der Waals surface area contributed by atoms with E-state index in [1.54, 1.807) is 0 Å². The minimum Gasteiger partial charge on any atom is -0.342 e. The lowest BCUT2D eigenvalue weighted by Gasteiger charge is -2.34. The second-order valence-electron chi connectivity index (χ2n) is 5.44. The van der Waals surface area contributed by atoms with Crippen LogP contribution in [0, 0.1) is 5.92 Å². The van der Waals surface area contributed by atoms with Gasteiger partial charge in [-0.3, -0.25) is 4.79 Å². The van der Waals surface area contributed by atoms with Crippen LogP contribution in [0.1, 0.15) is 39.5 Å². The highest BCUT2D eigenvalue weighted by atomic mass is 16.2. The van der Waals surface area contributed by atoms with E-state index in [1.807, 2.05) is 4.90 Å². The average molecular weight is 224 g/mol. The van der Waals surface area contributed by atoms with Gasteiger partial charge in [0.1, 0.15) is 0 Å². The Morgan fingerprint density at radius 3 is 2.38 bits per heavy atom. The molecule has 0 saturated carbocycles. The monoisotopic (exact) mass is 224 g/mol. The van der Waals surface area contributed by atoms with Gasteiger partial charge in [0.25, 0.3) is 0 Å². The maximum Gasteiger partial charge on any atom is 0.225 e. The molecule has 0 bridgehead atoms. The van der Waals surface area contributed by atoms with Crippen molar-refractivity contribution in [1.82, 2.24) is 9.80 Å². The van der Waals surface area contributed by atoms with Gasteiger partial charge >= 0.3 is 0 Å². The Morgan fingerprint density at radius 1 is 1.06 bits per heavy atom. The quantitative estimate of drug-likeness (QED) is 0.713. The zero-order chi connectivity index (χ0) is 11.5. The summed E-state index contributed by atoms with van der Waals surface area (Å²) in [7, 11) is 0. The van der Waals surface area contributed by atoms with Crippen LogP contribution in [0.4, 0.5) is 0 Å². The summed E-state index contributed by atoms with van der Waals surface area (Å²) in [4.78, 5) is 16.7. The van der Waals surface area contributed by atoms with Gasteiger partial charge in [-0.15, -0.1) is 0 Å². The van der Waals surface area contributed by atoms with E-state index in [0.717, 1.165) is 32.5 Å². The number of nitrogens with zero attached hydrogens (tertiary/aromatic N) is 2. The highest BCUT2D eigenvalue weighted by Crippen LogP contribution is 2.23. The fourth-order valence-corrected chi connectivity index (χ4v) is 2.68. The first-order valence-electron chi connectivity index (χ1n) is 6.71. The molecule has 1 atom stereocenters. The van der Waals surface area contributed by atoms with Gasteiger partial charge in [0, 0.05) is 25.0 Å². The molecular weight excluding hydrogens is 200 g/mol. The first-order valence-corrected chi connectivity index (χ1v) is 6.71. The van der Waals surface area contributed by atoms with Crippen LogP contribution in [0.5, 0.6) is 0 Å². The molecule has 92 valence electrons. The predicted octanol–water partition coefficient (Wildman–Crippen LogP) is 1.73. The molecule has 2 aliphatic heterocycles. The molecule has 2 heterocycles. The molecule has 1 amide bonds. The van der Waals surface area contributed by atoms with Crippen LogP contribution >= 0.6 is 0 Å². The highest BCUT2D eigenvalue weighted by Gasteiger charge is 2.29. The number of amides is 1. The lowest BCUT2D eigenvalue weighted by molar-refractivity contribution is -0.139. The van der Waals surface area contributed by atoms with E-state index < -0.39 is 0 Å². The van der Waals surface area contributed by atoms with E-state index in [-0.39, 0.29) is 0 Å². The molecule has 0 N–H and O–H groups in total. The van der Waals surface area contributed by atoms with E-state index in [1.165, 1.54) is 19.4 Å². The van der Waals surface area contributed by atoms with Crippen LogP contribution in [0.3, 0.4) is 0 Å². The molecule has 0 radical (unpaired) electrons. The van der Waals surface area contributed by atoms with Crippen molar-refractivity contribution in [1.29, 1.82) is 0 Å². The van der Waals surface area contributed by atoms with E-state index in [2.05, 4.69) is 18.7 Å². The van der Waals surface area contributed by atoms with Gasteiger partial charge in [0.05, 0.1) is 0 Å². The molecule has 0 unspecified atom stereocenters. The lowest BCUT2D eigenvalue weighted by atomic mass is 9.97. The van der Waals surface area contributed by atoms with Crippen LogP contribution in [-0.4, -0.2) is 47.9 Å². The summed E-state index contributed by atoms with van der Waals surface area (Å²) < 4.78 is 0. The van der Waals surface area contributed by atoms with Gasteiger partial charge in [-0.25, -0.2) is 0 Å². The van der Waals surface area contributed by atoms with Gasteiger partial charge in [-0.05, 0) is 52.6 Å². The molecule has 16 heavy (non-hydrogen) atoms. The smallest absolute Gasteiger partial charge is 0.225 e. The molecule has 0 aromatic rings. The molecule has 0 aromatic carbocycles. The van der Waals surface area contributed by atoms with Crippen LogP contribution < -0.4 is 0 Å². The van der Waals surface area contributed by atoms with Crippen molar-refractivity contribution in [2.45, 2.75) is 45.6 Å². The van der Waals surface area contributed by atoms with Crippen molar-refractivity contribution < 1.29 is 4.79 Å². The van der Waals surface area contributed by atoms with Gasteiger partial charge in [0.15, 0.2) is 0 Å². The van der Waals surface area contributed by atoms with Crippen molar-refractivity contribution in [2.75, 3.05) is 26.2 Å². The third-order valence-corrected chi connectivity index (χ3v) is 4.01. The van der Waals surface area contributed by atoms with Crippen LogP contribution in [-0.2, 0) is 4.79 Å². The second-order valence-corrected chi connectivity index (χ2v) is 5.44. The summed E-state index contributed by atoms with van der Waals surface area (Å²) in [5, 5.41) is 0. The Kier molecular flexibility index (Phi) is 3.85. The summed E-state index contributed by atoms with van der Waals surface area (Å²) in [6.45, 7) is 8.77. The Bertz CT molecular complexity index is 248. The zero-order valence-electron chi connectivity index (χ0n) is 10.6. The Labute approximate surface area is 98.8 Å². The number of hydrogen-bond donors (Lipinski definition) is 0. The van der Waals surface area contributed by atoms with E-state index >= 15 is 0 Å². The van der Waals surface area contributed by atoms with Crippen molar-refractivity contribution in [3.05, 3.63) is 0 Å². The summed E-state index contributed by atoms with van der Waals surface area (Å²) in [6.07, 6.45) is 4.55. The predicted molar refractivity (Wildman–Crippen MR) is 65.2 cm³/mol. The second kappa shape index (κ2) is 5.17. The molecule has 0 aromatic heterocycles. The minimum absolute atomic E-state index is 0.309. The van der Waals surface area contributed by atoms with Crippen molar-refractivity contribution in [2.24, 2.45) is 5.92 Å². The number of carbonyl (C=O) groups is 1. The normalized spacial score (nSPS) is 27.7. The van der Waals surface area contributed by atoms with E-state index in [0.29, 0.717) is 17.9 Å². The minimum atomic E-state index is 0.309. The largest absolute Gasteiger partial charge is 0.342 e. The topological polar surface area (TPSA) is 23.6 Å². The molecular formula is C13H24N2O. The maximum atomic E-state index is 12.1. The number of likely N-dealkylation sites (tertiary alicyclic amines) is 2. The Balaban J connectivity index is 1.85. The molecule has 3 nitrogen and oxygen atoms in total. The first-order chi connectivity index (χ1) is 7.68. The van der Waals surface area contributed by atoms with E-state index in [9.17, 15) is 4.79 Å². The molecule has 2 fully saturated rings. The summed E-state index contributed by atoms with van der Waals surface area (Å²) in [5.74, 6) is 0.737. The fourth-order valence-electron chi connectivity index (χ4n) is 2.68. The molecule has 2 saturated heterocycles. The van der Waals surface area contributed by atoms with Crippen LogP contribution in [0.2, 0.25) is 0 Å². The van der Waals surface area contributed by atoms with Crippen molar-refractivity contribution in [3.63, 3.8) is 0 Å². The number of hydrogen-bond acceptors (Lipinski definition) is 2. The van der Waals surface area contributed by atoms with Crippen molar-refractivity contribution >= 4 is 5.91 Å². The zero-order valence-corrected chi connectivity index (χ0v) is 10.6. The molecule has 2 rings (SSSR count). The van der Waals surface area contributed by atoms with Gasteiger partial charge in [0.2, 0.25) is 5.91 Å². The standard InChI is InChI=1S/C13H24N2O/c1-11(2)14-7-3-5-12(6-10-14)13(16)15-8-4-9-15/h11-12H,3-10H2,1-2H3/t12-/m1/s1. The Morgan fingerprint density at radius 2 is 1.81 bits per heavy atom. The third kappa shape index (κ3) is 2.57. The van der Waals surface area contributed by atoms with Crippen molar-refractivity contribution in [3.8, 4) is 0 Å². The van der Waals surface area contributed by atoms with Gasteiger partial charge in [-0.2, -0.15) is 0 Å². The third-order valence-electron chi connectivity index (χ3n) is 4.01. The number of carbonyl (C=O) groups excluding carboxylic acids is 1. The van der Waals surface area contributed by atoms with E-state index in [4.69, 9.17) is 0 Å². The first kappa shape index (κ1) is 11.9. The van der Waals surface area contributed by atoms with Gasteiger partial charge in [-0.1, -0.05) is 0 Å². The number of rotatable bonds is 2. The summed E-state index contributed by atoms with van der Waals surface area (Å²) >= 11 is 0. The molecule has 2 aliphatic rings. The maximum absolute atomic E-state index is 12.1. The summed E-state index contributed by atoms with van der Waals surface area (Å²) in [5.41, 5.74) is 0.